The predicted octanol–water partition coefficient (Wildman–Crippen LogP) is 5.80. The third-order valence-electron chi connectivity index (χ3n) is 4.25. The van der Waals surface area contributed by atoms with Crippen molar-refractivity contribution in [2.75, 3.05) is 0 Å². The molecule has 1 rings (SSSR count). The Balaban J connectivity index is 2.79. The van der Waals surface area contributed by atoms with Gasteiger partial charge in [-0.15, -0.1) is 0 Å². The van der Waals surface area contributed by atoms with Gasteiger partial charge in [-0.2, -0.15) is 0 Å². The first-order valence-electron chi connectivity index (χ1n) is 7.46. The van der Waals surface area contributed by atoms with E-state index < -0.39 is 16.1 Å². The van der Waals surface area contributed by atoms with Gasteiger partial charge in [0.1, 0.15) is 0 Å². The van der Waals surface area contributed by atoms with Crippen LogP contribution in [0.25, 0.3) is 0 Å². The van der Waals surface area contributed by atoms with Gasteiger partial charge in [-0.25, -0.2) is 0 Å². The molecule has 3 unspecified atom stereocenters. The number of hydrogen-bond donors (Lipinski definition) is 0. The van der Waals surface area contributed by atoms with Crippen molar-refractivity contribution in [3.63, 3.8) is 0 Å². The lowest BCUT2D eigenvalue weighted by Crippen LogP contribution is -2.36. The molecule has 0 aromatic heterocycles. The summed E-state index contributed by atoms with van der Waals surface area (Å²) >= 11 is 0. The van der Waals surface area contributed by atoms with Gasteiger partial charge in [0.05, 0.1) is 0 Å². The van der Waals surface area contributed by atoms with Crippen LogP contribution >= 0.6 is 0 Å². The van der Waals surface area contributed by atoms with Gasteiger partial charge in [0.2, 0.25) is 0 Å². The van der Waals surface area contributed by atoms with Crippen LogP contribution in [0, 0.1) is 11.8 Å². The van der Waals surface area contributed by atoms with E-state index in [0.29, 0.717) is 0 Å². The summed E-state index contributed by atoms with van der Waals surface area (Å²) in [6.07, 6.45) is 10.8. The Bertz CT molecular complexity index is 315. The number of hydrogen-bond acceptors (Lipinski definition) is 0. The highest BCUT2D eigenvalue weighted by atomic mass is 28.3. The molecule has 1 aliphatic rings. The largest absolute Gasteiger partial charge is 0.0811 e. The van der Waals surface area contributed by atoms with Crippen molar-refractivity contribution in [3.05, 3.63) is 24.3 Å². The smallest absolute Gasteiger partial charge is 0.0479 e. The topological polar surface area (TPSA) is 0 Å². The summed E-state index contributed by atoms with van der Waals surface area (Å²) in [5, 5.41) is 0. The lowest BCUT2D eigenvalue weighted by atomic mass is 9.86. The van der Waals surface area contributed by atoms with Crippen molar-refractivity contribution in [2.24, 2.45) is 11.8 Å². The van der Waals surface area contributed by atoms with E-state index in [1.54, 1.807) is 0 Å². The zero-order valence-corrected chi connectivity index (χ0v) is 15.5. The van der Waals surface area contributed by atoms with Crippen molar-refractivity contribution in [1.29, 1.82) is 0 Å². The zero-order chi connectivity index (χ0) is 14.0. The van der Waals surface area contributed by atoms with Gasteiger partial charge < -0.3 is 0 Å². The quantitative estimate of drug-likeness (QED) is 0.558. The highest BCUT2D eigenvalue weighted by Crippen LogP contribution is 2.42. The van der Waals surface area contributed by atoms with E-state index in [9.17, 15) is 0 Å². The van der Waals surface area contributed by atoms with Crippen LogP contribution < -0.4 is 0 Å². The second kappa shape index (κ2) is 5.91. The summed E-state index contributed by atoms with van der Waals surface area (Å²) in [6, 6.07) is 1.49. The fraction of sp³-hybridized carbons (Fsp3) is 0.750. The first-order chi connectivity index (χ1) is 8.11. The standard InChI is InChI=1S/C16H32Si2/c1-14-10-8-9-11-15(14)16(18(5,6)7)12-13-17(2,3)4/h8-11,14-16H,12-13H2,1-7H3. The minimum Gasteiger partial charge on any atom is -0.0811 e. The Kier molecular flexibility index (Phi) is 5.25. The Hall–Kier alpha value is -0.0862. The maximum absolute atomic E-state index is 2.56. The molecule has 18 heavy (non-hydrogen) atoms. The molecule has 1 aliphatic carbocycles. The minimum absolute atomic E-state index is 0.730. The van der Waals surface area contributed by atoms with Crippen LogP contribution in [-0.2, 0) is 0 Å². The maximum Gasteiger partial charge on any atom is 0.0479 e. The molecular weight excluding hydrogens is 248 g/mol. The van der Waals surface area contributed by atoms with E-state index in [1.165, 1.54) is 12.5 Å². The molecule has 0 saturated carbocycles. The van der Waals surface area contributed by atoms with E-state index in [4.69, 9.17) is 0 Å². The normalized spacial score (nSPS) is 26.4. The monoisotopic (exact) mass is 280 g/mol. The lowest BCUT2D eigenvalue weighted by molar-refractivity contribution is 0.454. The Morgan fingerprint density at radius 3 is 1.94 bits per heavy atom. The molecule has 0 amide bonds. The fourth-order valence-corrected chi connectivity index (χ4v) is 7.07. The van der Waals surface area contributed by atoms with E-state index in [1.807, 2.05) is 0 Å². The molecule has 104 valence electrons. The first kappa shape index (κ1) is 16.0. The van der Waals surface area contributed by atoms with Gasteiger partial charge in [0.25, 0.3) is 0 Å². The van der Waals surface area contributed by atoms with Gasteiger partial charge in [-0.05, 0) is 17.4 Å². The van der Waals surface area contributed by atoms with Crippen LogP contribution in [0.4, 0.5) is 0 Å². The molecule has 0 aliphatic heterocycles. The van der Waals surface area contributed by atoms with Gasteiger partial charge >= 0.3 is 0 Å². The van der Waals surface area contributed by atoms with Crippen LogP contribution in [0.1, 0.15) is 13.3 Å². The summed E-state index contributed by atoms with van der Waals surface area (Å²) < 4.78 is 0. The second-order valence-corrected chi connectivity index (χ2v) is 19.4. The molecule has 0 N–H and O–H groups in total. The van der Waals surface area contributed by atoms with Gasteiger partial charge in [-0.3, -0.25) is 0 Å². The molecule has 0 spiro atoms. The van der Waals surface area contributed by atoms with Gasteiger partial charge in [0.15, 0.2) is 0 Å². The Morgan fingerprint density at radius 2 is 1.50 bits per heavy atom. The first-order valence-corrected chi connectivity index (χ1v) is 14.7. The molecular formula is C16H32Si2. The predicted molar refractivity (Wildman–Crippen MR) is 90.8 cm³/mol. The third kappa shape index (κ3) is 4.89. The van der Waals surface area contributed by atoms with E-state index in [2.05, 4.69) is 70.5 Å². The number of rotatable bonds is 5. The molecule has 3 atom stereocenters. The van der Waals surface area contributed by atoms with Crippen LogP contribution in [-0.4, -0.2) is 16.1 Å². The van der Waals surface area contributed by atoms with Crippen molar-refractivity contribution >= 4 is 16.1 Å². The summed E-state index contributed by atoms with van der Waals surface area (Å²) in [6.45, 7) is 17.6. The molecule has 0 aromatic carbocycles. The molecule has 0 bridgehead atoms. The highest BCUT2D eigenvalue weighted by molar-refractivity contribution is 6.78. The average molecular weight is 281 g/mol. The van der Waals surface area contributed by atoms with Crippen molar-refractivity contribution in [3.8, 4) is 0 Å². The molecule has 0 radical (unpaired) electrons. The maximum atomic E-state index is 2.56. The Labute approximate surface area is 117 Å². The molecule has 0 heterocycles. The molecule has 0 nitrogen and oxygen atoms in total. The van der Waals surface area contributed by atoms with E-state index in [0.717, 1.165) is 17.4 Å². The lowest BCUT2D eigenvalue weighted by Gasteiger charge is -2.39. The minimum atomic E-state index is -1.08. The fourth-order valence-electron chi connectivity index (χ4n) is 3.03. The SMILES string of the molecule is CC1C=CC=CC1C(CC[Si](C)(C)C)[Si](C)(C)C. The third-order valence-corrected chi connectivity index (χ3v) is 8.94. The highest BCUT2D eigenvalue weighted by Gasteiger charge is 2.35. The Morgan fingerprint density at radius 1 is 0.944 bits per heavy atom. The van der Waals surface area contributed by atoms with Crippen LogP contribution in [0.5, 0.6) is 0 Å². The molecule has 2 heteroatoms. The van der Waals surface area contributed by atoms with E-state index in [-0.39, 0.29) is 0 Å². The van der Waals surface area contributed by atoms with Crippen LogP contribution in [0.3, 0.4) is 0 Å². The van der Waals surface area contributed by atoms with Crippen LogP contribution in [0.2, 0.25) is 50.9 Å². The number of allylic oxidation sites excluding steroid dienone is 4. The van der Waals surface area contributed by atoms with Gasteiger partial charge in [-0.1, -0.05) is 83.0 Å². The second-order valence-electron chi connectivity index (χ2n) is 8.28. The van der Waals surface area contributed by atoms with Crippen molar-refractivity contribution in [2.45, 2.75) is 64.2 Å². The summed E-state index contributed by atoms with van der Waals surface area (Å²) in [4.78, 5) is 0. The summed E-state index contributed by atoms with van der Waals surface area (Å²) in [5.41, 5.74) is 0.945. The zero-order valence-electron chi connectivity index (χ0n) is 13.5. The van der Waals surface area contributed by atoms with Gasteiger partial charge in [0, 0.05) is 16.1 Å². The van der Waals surface area contributed by atoms with Crippen molar-refractivity contribution in [1.82, 2.24) is 0 Å². The summed E-state index contributed by atoms with van der Waals surface area (Å²) in [5.74, 6) is 1.52. The summed E-state index contributed by atoms with van der Waals surface area (Å²) in [7, 11) is -1.98. The average Bonchev–Trinajstić information content (AvgIpc) is 2.17. The van der Waals surface area contributed by atoms with E-state index >= 15 is 0 Å². The molecule has 0 aromatic rings. The van der Waals surface area contributed by atoms with Crippen LogP contribution in [0.15, 0.2) is 24.3 Å². The molecule has 0 saturated heterocycles. The molecule has 0 fully saturated rings. The van der Waals surface area contributed by atoms with Crippen molar-refractivity contribution < 1.29 is 0 Å².